The Balaban J connectivity index is 1.88. The topological polar surface area (TPSA) is 110 Å². The Morgan fingerprint density at radius 3 is 2.52 bits per heavy atom. The number of nitrogens with one attached hydrogen (secondary N) is 1. The van der Waals surface area contributed by atoms with E-state index >= 15 is 0 Å². The maximum absolute atomic E-state index is 12.0. The van der Waals surface area contributed by atoms with E-state index in [2.05, 4.69) is 5.32 Å². The molecule has 0 saturated carbocycles. The van der Waals surface area contributed by atoms with E-state index in [1.165, 1.54) is 19.1 Å². The van der Waals surface area contributed by atoms with Crippen LogP contribution in [0, 0.1) is 0 Å². The van der Waals surface area contributed by atoms with E-state index in [9.17, 15) is 18.0 Å². The molecule has 7 nitrogen and oxygen atoms in total. The quantitative estimate of drug-likeness (QED) is 0.731. The van der Waals surface area contributed by atoms with E-state index in [-0.39, 0.29) is 23.7 Å². The molecule has 1 aromatic carbocycles. The van der Waals surface area contributed by atoms with Gasteiger partial charge in [-0.3, -0.25) is 4.79 Å². The summed E-state index contributed by atoms with van der Waals surface area (Å²) >= 11 is 0. The molecule has 1 aliphatic rings. The normalized spacial score (nSPS) is 20.7. The van der Waals surface area contributed by atoms with Crippen molar-refractivity contribution >= 4 is 21.7 Å². The number of hydrogen-bond acceptors (Lipinski definition) is 6. The monoisotopic (exact) mass is 341 g/mol. The van der Waals surface area contributed by atoms with Gasteiger partial charge in [-0.2, -0.15) is 0 Å². The number of rotatable bonds is 5. The number of sulfone groups is 1. The third-order valence-electron chi connectivity index (χ3n) is 3.60. The van der Waals surface area contributed by atoms with Crippen LogP contribution in [0.25, 0.3) is 0 Å². The molecular formula is C15H19NO6S. The molecule has 0 aliphatic carbocycles. The number of carbonyl (C=O) groups excluding carboxylic acids is 2. The van der Waals surface area contributed by atoms with Gasteiger partial charge in [-0.1, -0.05) is 12.1 Å². The molecule has 8 heteroatoms. The summed E-state index contributed by atoms with van der Waals surface area (Å²) in [6.07, 6.45) is -0.652. The molecule has 2 rings (SSSR count). The SMILES string of the molecule is C[C@@H](OC(=O)c1ccc(CO)cc1)C(=O)N[C@@H]1CCS(=O)(=O)C1. The Labute approximate surface area is 134 Å². The first kappa shape index (κ1) is 17.4. The van der Waals surface area contributed by atoms with Crippen LogP contribution in [0.1, 0.15) is 29.3 Å². The molecule has 1 amide bonds. The van der Waals surface area contributed by atoms with E-state index < -0.39 is 33.9 Å². The molecule has 1 aliphatic heterocycles. The molecule has 1 fully saturated rings. The van der Waals surface area contributed by atoms with Crippen molar-refractivity contribution in [1.82, 2.24) is 5.32 Å². The van der Waals surface area contributed by atoms with Crippen LogP contribution in [-0.2, 0) is 26.0 Å². The lowest BCUT2D eigenvalue weighted by Crippen LogP contribution is -2.42. The van der Waals surface area contributed by atoms with E-state index in [1.807, 2.05) is 0 Å². The summed E-state index contributed by atoms with van der Waals surface area (Å²) < 4.78 is 27.8. The van der Waals surface area contributed by atoms with Crippen molar-refractivity contribution in [1.29, 1.82) is 0 Å². The van der Waals surface area contributed by atoms with Crippen molar-refractivity contribution in [2.75, 3.05) is 11.5 Å². The van der Waals surface area contributed by atoms with Crippen molar-refractivity contribution in [2.45, 2.75) is 32.1 Å². The van der Waals surface area contributed by atoms with Crippen molar-refractivity contribution in [3.63, 3.8) is 0 Å². The molecule has 2 atom stereocenters. The maximum Gasteiger partial charge on any atom is 0.338 e. The Bertz CT molecular complexity index is 682. The number of amides is 1. The van der Waals surface area contributed by atoms with E-state index in [4.69, 9.17) is 9.84 Å². The van der Waals surface area contributed by atoms with Crippen LogP contribution in [0.4, 0.5) is 0 Å². The number of esters is 1. The molecule has 23 heavy (non-hydrogen) atoms. The van der Waals surface area contributed by atoms with Crippen molar-refractivity contribution in [3.8, 4) is 0 Å². The van der Waals surface area contributed by atoms with Crippen LogP contribution in [0.5, 0.6) is 0 Å². The smallest absolute Gasteiger partial charge is 0.338 e. The Kier molecular flexibility index (Phi) is 5.38. The summed E-state index contributed by atoms with van der Waals surface area (Å²) in [5, 5.41) is 11.5. The second-order valence-corrected chi connectivity index (χ2v) is 7.74. The fourth-order valence-corrected chi connectivity index (χ4v) is 3.93. The van der Waals surface area contributed by atoms with Gasteiger partial charge in [-0.15, -0.1) is 0 Å². The highest BCUT2D eigenvalue weighted by Gasteiger charge is 2.30. The number of benzene rings is 1. The number of aliphatic hydroxyl groups is 1. The summed E-state index contributed by atoms with van der Waals surface area (Å²) in [6, 6.07) is 5.75. The van der Waals surface area contributed by atoms with Crippen LogP contribution < -0.4 is 5.32 Å². The zero-order valence-electron chi connectivity index (χ0n) is 12.7. The average Bonchev–Trinajstić information content (AvgIpc) is 2.86. The number of hydrogen-bond donors (Lipinski definition) is 2. The molecule has 0 bridgehead atoms. The molecule has 0 unspecified atom stereocenters. The van der Waals surface area contributed by atoms with Crippen molar-refractivity contribution in [2.24, 2.45) is 0 Å². The van der Waals surface area contributed by atoms with Gasteiger partial charge in [0.05, 0.1) is 23.7 Å². The molecule has 0 radical (unpaired) electrons. The van der Waals surface area contributed by atoms with Gasteiger partial charge in [0.2, 0.25) is 0 Å². The van der Waals surface area contributed by atoms with Crippen molar-refractivity contribution in [3.05, 3.63) is 35.4 Å². The zero-order valence-corrected chi connectivity index (χ0v) is 13.5. The van der Waals surface area contributed by atoms with Crippen LogP contribution in [-0.4, -0.2) is 49.1 Å². The van der Waals surface area contributed by atoms with Gasteiger partial charge in [-0.25, -0.2) is 13.2 Å². The van der Waals surface area contributed by atoms with Gasteiger partial charge in [0.25, 0.3) is 5.91 Å². The second kappa shape index (κ2) is 7.10. The fraction of sp³-hybridized carbons (Fsp3) is 0.467. The number of carbonyl (C=O) groups is 2. The van der Waals surface area contributed by atoms with Crippen LogP contribution in [0.2, 0.25) is 0 Å². The summed E-state index contributed by atoms with van der Waals surface area (Å²) in [6.45, 7) is 1.30. The lowest BCUT2D eigenvalue weighted by molar-refractivity contribution is -0.129. The summed E-state index contributed by atoms with van der Waals surface area (Å²) in [5.74, 6) is -1.20. The maximum atomic E-state index is 12.0. The molecular weight excluding hydrogens is 322 g/mol. The van der Waals surface area contributed by atoms with E-state index in [0.29, 0.717) is 12.0 Å². The third-order valence-corrected chi connectivity index (χ3v) is 5.37. The zero-order chi connectivity index (χ0) is 17.0. The lowest BCUT2D eigenvalue weighted by atomic mass is 10.1. The molecule has 2 N–H and O–H groups in total. The van der Waals surface area contributed by atoms with Gasteiger partial charge in [0, 0.05) is 6.04 Å². The number of ether oxygens (including phenoxy) is 1. The fourth-order valence-electron chi connectivity index (χ4n) is 2.26. The first-order valence-electron chi connectivity index (χ1n) is 7.22. The van der Waals surface area contributed by atoms with E-state index in [1.54, 1.807) is 12.1 Å². The largest absolute Gasteiger partial charge is 0.449 e. The molecule has 1 aromatic rings. The minimum absolute atomic E-state index is 0.0589. The molecule has 0 aromatic heterocycles. The van der Waals surface area contributed by atoms with Gasteiger partial charge in [0.1, 0.15) is 0 Å². The van der Waals surface area contributed by atoms with Crippen LogP contribution >= 0.6 is 0 Å². The predicted molar refractivity (Wildman–Crippen MR) is 82.4 cm³/mol. The van der Waals surface area contributed by atoms with Gasteiger partial charge < -0.3 is 15.2 Å². The van der Waals surface area contributed by atoms with Crippen LogP contribution in [0.15, 0.2) is 24.3 Å². The predicted octanol–water partition coefficient (Wildman–Crippen LogP) is 0.0275. The summed E-state index contributed by atoms with van der Waals surface area (Å²) in [5.41, 5.74) is 0.931. The highest BCUT2D eigenvalue weighted by molar-refractivity contribution is 7.91. The molecule has 126 valence electrons. The average molecular weight is 341 g/mol. The summed E-state index contributed by atoms with van der Waals surface area (Å²) in [7, 11) is -3.08. The van der Waals surface area contributed by atoms with E-state index in [0.717, 1.165) is 0 Å². The summed E-state index contributed by atoms with van der Waals surface area (Å²) in [4.78, 5) is 23.9. The van der Waals surface area contributed by atoms with Crippen LogP contribution in [0.3, 0.4) is 0 Å². The first-order valence-corrected chi connectivity index (χ1v) is 9.04. The van der Waals surface area contributed by atoms with Crippen molar-refractivity contribution < 1.29 is 27.9 Å². The highest BCUT2D eigenvalue weighted by Crippen LogP contribution is 2.12. The Hall–Kier alpha value is -1.93. The lowest BCUT2D eigenvalue weighted by Gasteiger charge is -2.16. The highest BCUT2D eigenvalue weighted by atomic mass is 32.2. The molecule has 1 saturated heterocycles. The second-order valence-electron chi connectivity index (χ2n) is 5.51. The minimum atomic E-state index is -3.08. The number of aliphatic hydroxyl groups excluding tert-OH is 1. The first-order chi connectivity index (χ1) is 10.8. The van der Waals surface area contributed by atoms with Gasteiger partial charge in [0.15, 0.2) is 15.9 Å². The molecule has 1 heterocycles. The Morgan fingerprint density at radius 1 is 1.35 bits per heavy atom. The van der Waals surface area contributed by atoms with Gasteiger partial charge in [-0.05, 0) is 31.0 Å². The Morgan fingerprint density at radius 2 is 2.00 bits per heavy atom. The minimum Gasteiger partial charge on any atom is -0.449 e. The van der Waals surface area contributed by atoms with Gasteiger partial charge >= 0.3 is 5.97 Å². The standard InChI is InChI=1S/C15H19NO6S/c1-10(14(18)16-13-6-7-23(20,21)9-13)22-15(19)12-4-2-11(8-17)3-5-12/h2-5,10,13,17H,6-9H2,1H3,(H,16,18)/t10-,13-/m1/s1. The third kappa shape index (κ3) is 4.77. The molecule has 0 spiro atoms.